The molecule has 0 bridgehead atoms. The van der Waals surface area contributed by atoms with E-state index in [-0.39, 0.29) is 33.1 Å². The highest BCUT2D eigenvalue weighted by atomic mass is 35.5. The Bertz CT molecular complexity index is 1370. The summed E-state index contributed by atoms with van der Waals surface area (Å²) in [6.45, 7) is 5.50. The zero-order valence-electron chi connectivity index (χ0n) is 21.5. The second-order valence-electron chi connectivity index (χ2n) is 8.72. The van der Waals surface area contributed by atoms with E-state index in [2.05, 4.69) is 5.32 Å². The first-order chi connectivity index (χ1) is 18.1. The molecule has 1 N–H and O–H groups in total. The van der Waals surface area contributed by atoms with Crippen LogP contribution in [-0.4, -0.2) is 44.3 Å². The summed E-state index contributed by atoms with van der Waals surface area (Å²) < 4.78 is 28.6. The fourth-order valence-electron chi connectivity index (χ4n) is 4.02. The standard InChI is InChI=1S/C28H31Cl2N3O4S/c1-4-24(28(35)31-5-2)32(18-21-16-14-20(3)15-17-21)26(34)19-33(25-13-9-12-23(29)27(25)30)38(36,37)22-10-7-6-8-11-22/h6-17,24H,4-5,18-19H2,1-3H3,(H,31,35)/t24-/m1/s1. The number of amides is 2. The summed E-state index contributed by atoms with van der Waals surface area (Å²) >= 11 is 12.7. The normalized spacial score (nSPS) is 12.0. The number of hydrogen-bond donors (Lipinski definition) is 1. The average molecular weight is 577 g/mol. The van der Waals surface area contributed by atoms with Crippen molar-refractivity contribution in [2.75, 3.05) is 17.4 Å². The van der Waals surface area contributed by atoms with Crippen LogP contribution in [0.15, 0.2) is 77.7 Å². The van der Waals surface area contributed by atoms with Crippen molar-refractivity contribution < 1.29 is 18.0 Å². The van der Waals surface area contributed by atoms with Gasteiger partial charge in [-0.2, -0.15) is 0 Å². The topological polar surface area (TPSA) is 86.8 Å². The van der Waals surface area contributed by atoms with Gasteiger partial charge in [0.1, 0.15) is 12.6 Å². The maximum absolute atomic E-state index is 13.9. The minimum atomic E-state index is -4.22. The number of aryl methyl sites for hydroxylation is 1. The van der Waals surface area contributed by atoms with Gasteiger partial charge in [-0.15, -0.1) is 0 Å². The van der Waals surface area contributed by atoms with Crippen molar-refractivity contribution in [3.05, 3.63) is 94.0 Å². The predicted molar refractivity (Wildman–Crippen MR) is 152 cm³/mol. The maximum atomic E-state index is 13.9. The number of halogens is 2. The van der Waals surface area contributed by atoms with E-state index in [1.807, 2.05) is 38.1 Å². The number of nitrogens with one attached hydrogen (secondary N) is 1. The summed E-state index contributed by atoms with van der Waals surface area (Å²) in [5.74, 6) is -0.868. The highest BCUT2D eigenvalue weighted by Crippen LogP contribution is 2.35. The molecule has 0 aliphatic carbocycles. The maximum Gasteiger partial charge on any atom is 0.264 e. The fraction of sp³-hybridized carbons (Fsp3) is 0.286. The van der Waals surface area contributed by atoms with E-state index in [0.29, 0.717) is 13.0 Å². The lowest BCUT2D eigenvalue weighted by atomic mass is 10.1. The van der Waals surface area contributed by atoms with E-state index < -0.39 is 28.5 Å². The van der Waals surface area contributed by atoms with Crippen LogP contribution in [-0.2, 0) is 26.2 Å². The Balaban J connectivity index is 2.09. The van der Waals surface area contributed by atoms with E-state index >= 15 is 0 Å². The third kappa shape index (κ3) is 6.87. The van der Waals surface area contributed by atoms with E-state index in [9.17, 15) is 18.0 Å². The van der Waals surface area contributed by atoms with E-state index in [1.165, 1.54) is 29.2 Å². The van der Waals surface area contributed by atoms with Gasteiger partial charge < -0.3 is 10.2 Å². The summed E-state index contributed by atoms with van der Waals surface area (Å²) in [5.41, 5.74) is 1.93. The van der Waals surface area contributed by atoms with Gasteiger partial charge >= 0.3 is 0 Å². The first-order valence-corrected chi connectivity index (χ1v) is 14.4. The number of anilines is 1. The molecule has 0 fully saturated rings. The number of rotatable bonds is 11. The molecule has 3 aromatic carbocycles. The lowest BCUT2D eigenvalue weighted by Crippen LogP contribution is -2.52. The summed E-state index contributed by atoms with van der Waals surface area (Å²) in [6.07, 6.45) is 0.340. The van der Waals surface area contributed by atoms with E-state index in [1.54, 1.807) is 31.2 Å². The van der Waals surface area contributed by atoms with Crippen molar-refractivity contribution in [2.45, 2.75) is 44.7 Å². The highest BCUT2D eigenvalue weighted by molar-refractivity contribution is 7.92. The molecular formula is C28H31Cl2N3O4S. The smallest absolute Gasteiger partial charge is 0.264 e. The molecule has 38 heavy (non-hydrogen) atoms. The minimum Gasteiger partial charge on any atom is -0.355 e. The SMILES string of the molecule is CCNC(=O)[C@@H](CC)N(Cc1ccc(C)cc1)C(=O)CN(c1cccc(Cl)c1Cl)S(=O)(=O)c1ccccc1. The number of carbonyl (C=O) groups is 2. The summed E-state index contributed by atoms with van der Waals surface area (Å²) in [7, 11) is -4.22. The second kappa shape index (κ2) is 13.1. The predicted octanol–water partition coefficient (Wildman–Crippen LogP) is 5.44. The summed E-state index contributed by atoms with van der Waals surface area (Å²) in [4.78, 5) is 28.3. The molecule has 7 nitrogen and oxygen atoms in total. The van der Waals surface area contributed by atoms with Crippen LogP contribution in [0.4, 0.5) is 5.69 Å². The van der Waals surface area contributed by atoms with Gasteiger partial charge in [0.25, 0.3) is 10.0 Å². The van der Waals surface area contributed by atoms with E-state index in [4.69, 9.17) is 23.2 Å². The van der Waals surface area contributed by atoms with Gasteiger partial charge in [-0.3, -0.25) is 13.9 Å². The van der Waals surface area contributed by atoms with Crippen LogP contribution in [0.5, 0.6) is 0 Å². The largest absolute Gasteiger partial charge is 0.355 e. The highest BCUT2D eigenvalue weighted by Gasteiger charge is 2.34. The van der Waals surface area contributed by atoms with Gasteiger partial charge in [0.15, 0.2) is 0 Å². The van der Waals surface area contributed by atoms with Crippen LogP contribution in [0.1, 0.15) is 31.4 Å². The molecule has 0 aliphatic heterocycles. The van der Waals surface area contributed by atoms with Crippen LogP contribution in [0.3, 0.4) is 0 Å². The minimum absolute atomic E-state index is 0.00215. The molecule has 3 rings (SSSR count). The van der Waals surface area contributed by atoms with Crippen molar-refractivity contribution >= 4 is 50.7 Å². The molecule has 0 aliphatic rings. The molecule has 2 amide bonds. The number of likely N-dealkylation sites (N-methyl/N-ethyl adjacent to an activating group) is 1. The van der Waals surface area contributed by atoms with Crippen LogP contribution in [0, 0.1) is 6.92 Å². The number of carbonyl (C=O) groups excluding carboxylic acids is 2. The Kier molecular flexibility index (Phi) is 10.2. The van der Waals surface area contributed by atoms with Gasteiger partial charge in [0.2, 0.25) is 11.8 Å². The molecule has 0 unspecified atom stereocenters. The molecular weight excluding hydrogens is 545 g/mol. The molecule has 10 heteroatoms. The van der Waals surface area contributed by atoms with Crippen molar-refractivity contribution in [2.24, 2.45) is 0 Å². The van der Waals surface area contributed by atoms with Gasteiger partial charge in [0, 0.05) is 13.1 Å². The number of sulfonamides is 1. The Morgan fingerprint density at radius 3 is 2.18 bits per heavy atom. The van der Waals surface area contributed by atoms with Gasteiger partial charge in [0.05, 0.1) is 20.6 Å². The summed E-state index contributed by atoms with van der Waals surface area (Å²) in [5, 5.41) is 2.93. The Morgan fingerprint density at radius 2 is 1.58 bits per heavy atom. The number of benzene rings is 3. The Labute approximate surface area is 234 Å². The van der Waals surface area contributed by atoms with Gasteiger partial charge in [-0.05, 0) is 50.1 Å². The second-order valence-corrected chi connectivity index (χ2v) is 11.4. The van der Waals surface area contributed by atoms with Crippen molar-refractivity contribution in [1.29, 1.82) is 0 Å². The third-order valence-corrected chi connectivity index (χ3v) is 8.60. The Morgan fingerprint density at radius 1 is 0.921 bits per heavy atom. The van der Waals surface area contributed by atoms with Crippen LogP contribution in [0.2, 0.25) is 10.0 Å². The molecule has 0 saturated heterocycles. The van der Waals surface area contributed by atoms with Gasteiger partial charge in [-0.25, -0.2) is 8.42 Å². The number of nitrogens with zero attached hydrogens (tertiary/aromatic N) is 2. The zero-order valence-corrected chi connectivity index (χ0v) is 23.9. The Hall–Kier alpha value is -3.07. The quantitative estimate of drug-likeness (QED) is 0.330. The molecule has 3 aromatic rings. The van der Waals surface area contributed by atoms with Crippen LogP contribution < -0.4 is 9.62 Å². The monoisotopic (exact) mass is 575 g/mol. The first kappa shape index (κ1) is 29.5. The first-order valence-electron chi connectivity index (χ1n) is 12.2. The fourth-order valence-corrected chi connectivity index (χ4v) is 5.91. The molecule has 1 atom stereocenters. The molecule has 0 saturated carbocycles. The lowest BCUT2D eigenvalue weighted by Gasteiger charge is -2.33. The van der Waals surface area contributed by atoms with Crippen molar-refractivity contribution in [3.63, 3.8) is 0 Å². The number of hydrogen-bond acceptors (Lipinski definition) is 4. The summed E-state index contributed by atoms with van der Waals surface area (Å²) in [6, 6.07) is 19.2. The molecule has 0 spiro atoms. The van der Waals surface area contributed by atoms with Crippen LogP contribution >= 0.6 is 23.2 Å². The lowest BCUT2D eigenvalue weighted by molar-refractivity contribution is -0.140. The zero-order chi connectivity index (χ0) is 27.9. The van der Waals surface area contributed by atoms with Crippen molar-refractivity contribution in [1.82, 2.24) is 10.2 Å². The molecule has 0 radical (unpaired) electrons. The molecule has 0 heterocycles. The molecule has 202 valence electrons. The van der Waals surface area contributed by atoms with Gasteiger partial charge in [-0.1, -0.05) is 84.2 Å². The third-order valence-electron chi connectivity index (χ3n) is 6.02. The van der Waals surface area contributed by atoms with E-state index in [0.717, 1.165) is 15.4 Å². The molecule has 0 aromatic heterocycles. The van der Waals surface area contributed by atoms with Crippen LogP contribution in [0.25, 0.3) is 0 Å². The average Bonchev–Trinajstić information content (AvgIpc) is 2.90. The van der Waals surface area contributed by atoms with Crippen molar-refractivity contribution in [3.8, 4) is 0 Å².